The maximum absolute atomic E-state index is 11.1. The molecule has 0 heterocycles. The van der Waals surface area contributed by atoms with Crippen LogP contribution in [0.2, 0.25) is 0 Å². The van der Waals surface area contributed by atoms with Crippen molar-refractivity contribution < 1.29 is 23.1 Å². The summed E-state index contributed by atoms with van der Waals surface area (Å²) in [4.78, 5) is 21.0. The lowest BCUT2D eigenvalue weighted by Gasteiger charge is -2.06. The van der Waals surface area contributed by atoms with E-state index < -0.39 is 32.7 Å². The Hall–Kier alpha value is -1.11. The molecule has 0 saturated heterocycles. The second-order valence-corrected chi connectivity index (χ2v) is 4.78. The van der Waals surface area contributed by atoms with Crippen molar-refractivity contribution in [3.63, 3.8) is 0 Å². The number of nitrogens with one attached hydrogen (secondary N) is 1. The molecule has 76 valence electrons. The van der Waals surface area contributed by atoms with Gasteiger partial charge in [0.1, 0.15) is 5.75 Å². The number of hydrogen-bond donors (Lipinski definition) is 2. The molecule has 2 N–H and O–H groups in total. The van der Waals surface area contributed by atoms with E-state index in [1.807, 2.05) is 0 Å². The molecule has 0 aromatic heterocycles. The van der Waals surface area contributed by atoms with Crippen LogP contribution in [0.3, 0.4) is 0 Å². The maximum atomic E-state index is 11.1. The lowest BCUT2D eigenvalue weighted by molar-refractivity contribution is -0.136. The Morgan fingerprint density at radius 2 is 1.92 bits per heavy atom. The van der Waals surface area contributed by atoms with E-state index in [2.05, 4.69) is 5.32 Å². The Bertz CT molecular complexity index is 307. The SMILES string of the molecule is CNC(=O)CS(=O)(=O)C(C)C(=O)O. The van der Waals surface area contributed by atoms with Crippen molar-refractivity contribution in [2.24, 2.45) is 0 Å². The number of hydrogen-bond acceptors (Lipinski definition) is 4. The van der Waals surface area contributed by atoms with E-state index in [0.29, 0.717) is 0 Å². The van der Waals surface area contributed by atoms with E-state index in [4.69, 9.17) is 5.11 Å². The highest BCUT2D eigenvalue weighted by Gasteiger charge is 2.29. The topological polar surface area (TPSA) is 101 Å². The summed E-state index contributed by atoms with van der Waals surface area (Å²) in [6.07, 6.45) is 0. The van der Waals surface area contributed by atoms with Gasteiger partial charge >= 0.3 is 5.97 Å². The van der Waals surface area contributed by atoms with E-state index in [0.717, 1.165) is 6.92 Å². The van der Waals surface area contributed by atoms with Gasteiger partial charge in [-0.1, -0.05) is 0 Å². The Labute approximate surface area is 75.9 Å². The molecular formula is C6H11NO5S. The van der Waals surface area contributed by atoms with Gasteiger partial charge in [-0.15, -0.1) is 0 Å². The zero-order valence-electron chi connectivity index (χ0n) is 7.27. The van der Waals surface area contributed by atoms with Gasteiger partial charge in [0.2, 0.25) is 5.91 Å². The summed E-state index contributed by atoms with van der Waals surface area (Å²) in [5.74, 6) is -2.96. The minimum atomic E-state index is -3.88. The van der Waals surface area contributed by atoms with E-state index in [1.54, 1.807) is 0 Å². The van der Waals surface area contributed by atoms with Crippen LogP contribution in [0, 0.1) is 0 Å². The number of sulfone groups is 1. The fourth-order valence-electron chi connectivity index (χ4n) is 0.533. The van der Waals surface area contributed by atoms with Gasteiger partial charge in [0.25, 0.3) is 0 Å². The minimum Gasteiger partial charge on any atom is -0.480 e. The Kier molecular flexibility index (Phi) is 3.86. The normalized spacial score (nSPS) is 13.4. The molecular weight excluding hydrogens is 198 g/mol. The van der Waals surface area contributed by atoms with Crippen molar-refractivity contribution in [1.29, 1.82) is 0 Å². The fourth-order valence-corrected chi connectivity index (χ4v) is 1.60. The number of carbonyl (C=O) groups excluding carboxylic acids is 1. The zero-order valence-corrected chi connectivity index (χ0v) is 8.09. The molecule has 1 unspecified atom stereocenters. The number of amides is 1. The summed E-state index contributed by atoms with van der Waals surface area (Å²) in [7, 11) is -2.60. The fraction of sp³-hybridized carbons (Fsp3) is 0.667. The van der Waals surface area contributed by atoms with Crippen LogP contribution in [-0.2, 0) is 19.4 Å². The highest BCUT2D eigenvalue weighted by Crippen LogP contribution is 2.01. The predicted octanol–water partition coefficient (Wildman–Crippen LogP) is -1.38. The third-order valence-corrected chi connectivity index (χ3v) is 3.44. The Morgan fingerprint density at radius 3 is 2.23 bits per heavy atom. The number of carboxylic acids is 1. The first-order valence-corrected chi connectivity index (χ1v) is 5.17. The van der Waals surface area contributed by atoms with Gasteiger partial charge in [0, 0.05) is 7.05 Å². The van der Waals surface area contributed by atoms with Crippen molar-refractivity contribution >= 4 is 21.7 Å². The van der Waals surface area contributed by atoms with Crippen molar-refractivity contribution in [3.8, 4) is 0 Å². The molecule has 0 aliphatic carbocycles. The van der Waals surface area contributed by atoms with Crippen molar-refractivity contribution in [3.05, 3.63) is 0 Å². The molecule has 0 aliphatic rings. The van der Waals surface area contributed by atoms with Crippen LogP contribution in [0.25, 0.3) is 0 Å². The largest absolute Gasteiger partial charge is 0.480 e. The smallest absolute Gasteiger partial charge is 0.321 e. The number of carboxylic acid groups (broad SMARTS) is 1. The first-order chi connectivity index (χ1) is 5.81. The average Bonchev–Trinajstić information content (AvgIpc) is 2.01. The van der Waals surface area contributed by atoms with E-state index in [1.165, 1.54) is 7.05 Å². The minimum absolute atomic E-state index is 0.715. The quantitative estimate of drug-likeness (QED) is 0.594. The van der Waals surface area contributed by atoms with Crippen LogP contribution < -0.4 is 5.32 Å². The monoisotopic (exact) mass is 209 g/mol. The number of rotatable bonds is 4. The van der Waals surface area contributed by atoms with Crippen LogP contribution in [0.4, 0.5) is 0 Å². The number of carbonyl (C=O) groups is 2. The molecule has 0 aromatic carbocycles. The summed E-state index contributed by atoms with van der Waals surface area (Å²) < 4.78 is 22.2. The summed E-state index contributed by atoms with van der Waals surface area (Å²) in [5.41, 5.74) is 0. The molecule has 7 heteroatoms. The molecule has 13 heavy (non-hydrogen) atoms. The first kappa shape index (κ1) is 11.9. The first-order valence-electron chi connectivity index (χ1n) is 3.46. The van der Waals surface area contributed by atoms with Crippen molar-refractivity contribution in [1.82, 2.24) is 5.32 Å². The average molecular weight is 209 g/mol. The Morgan fingerprint density at radius 1 is 1.46 bits per heavy atom. The second kappa shape index (κ2) is 4.22. The lowest BCUT2D eigenvalue weighted by Crippen LogP contribution is -2.35. The van der Waals surface area contributed by atoms with Gasteiger partial charge in [0.05, 0.1) is 0 Å². The lowest BCUT2D eigenvalue weighted by atomic mass is 10.5. The van der Waals surface area contributed by atoms with E-state index in [9.17, 15) is 18.0 Å². The third-order valence-electron chi connectivity index (χ3n) is 1.50. The molecule has 0 rings (SSSR count). The molecule has 0 bridgehead atoms. The van der Waals surface area contributed by atoms with Gasteiger partial charge < -0.3 is 10.4 Å². The van der Waals surface area contributed by atoms with Gasteiger partial charge in [-0.2, -0.15) is 0 Å². The Balaban J connectivity index is 4.60. The summed E-state index contributed by atoms with van der Waals surface area (Å²) in [6.45, 7) is 1.03. The molecule has 0 saturated carbocycles. The summed E-state index contributed by atoms with van der Waals surface area (Å²) in [6, 6.07) is 0. The maximum Gasteiger partial charge on any atom is 0.321 e. The van der Waals surface area contributed by atoms with Crippen LogP contribution in [0.15, 0.2) is 0 Å². The van der Waals surface area contributed by atoms with Gasteiger partial charge in [0.15, 0.2) is 15.1 Å². The van der Waals surface area contributed by atoms with Crippen LogP contribution in [-0.4, -0.2) is 43.5 Å². The van der Waals surface area contributed by atoms with Gasteiger partial charge in [-0.05, 0) is 6.92 Å². The van der Waals surface area contributed by atoms with Crippen LogP contribution in [0.1, 0.15) is 6.92 Å². The molecule has 6 nitrogen and oxygen atoms in total. The standard InChI is InChI=1S/C6H11NO5S/c1-4(6(9)10)13(11,12)3-5(8)7-2/h4H,3H2,1-2H3,(H,7,8)(H,9,10). The molecule has 0 radical (unpaired) electrons. The molecule has 0 aliphatic heterocycles. The zero-order chi connectivity index (χ0) is 10.6. The number of aliphatic carboxylic acids is 1. The van der Waals surface area contributed by atoms with E-state index in [-0.39, 0.29) is 0 Å². The van der Waals surface area contributed by atoms with Crippen molar-refractivity contribution in [2.75, 3.05) is 12.8 Å². The van der Waals surface area contributed by atoms with Crippen LogP contribution >= 0.6 is 0 Å². The summed E-state index contributed by atoms with van der Waals surface area (Å²) >= 11 is 0. The molecule has 1 amide bonds. The molecule has 0 fully saturated rings. The second-order valence-electron chi connectivity index (χ2n) is 2.46. The van der Waals surface area contributed by atoms with Gasteiger partial charge in [-0.3, -0.25) is 9.59 Å². The van der Waals surface area contributed by atoms with E-state index >= 15 is 0 Å². The summed E-state index contributed by atoms with van der Waals surface area (Å²) in [5, 5.41) is 8.95. The predicted molar refractivity (Wildman–Crippen MR) is 45.0 cm³/mol. The third kappa shape index (κ3) is 3.41. The van der Waals surface area contributed by atoms with Crippen LogP contribution in [0.5, 0.6) is 0 Å². The molecule has 0 aromatic rings. The molecule has 0 spiro atoms. The highest BCUT2D eigenvalue weighted by atomic mass is 32.2. The van der Waals surface area contributed by atoms with Gasteiger partial charge in [-0.25, -0.2) is 8.42 Å². The van der Waals surface area contributed by atoms with Crippen molar-refractivity contribution in [2.45, 2.75) is 12.2 Å². The highest BCUT2D eigenvalue weighted by molar-refractivity contribution is 7.93. The molecule has 1 atom stereocenters.